The van der Waals surface area contributed by atoms with Crippen molar-refractivity contribution in [1.29, 1.82) is 0 Å². The third-order valence-corrected chi connectivity index (χ3v) is 4.17. The van der Waals surface area contributed by atoms with Gasteiger partial charge in [0, 0.05) is 16.2 Å². The van der Waals surface area contributed by atoms with Gasteiger partial charge in [0.1, 0.15) is 5.82 Å². The Morgan fingerprint density at radius 1 is 1.19 bits per heavy atom. The SMILES string of the molecule is COc1cccc(C(CSc2ccccc2F)NN)c1F. The summed E-state index contributed by atoms with van der Waals surface area (Å²) in [5.74, 6) is 5.29. The molecule has 0 aromatic heterocycles. The number of rotatable bonds is 6. The fourth-order valence-corrected chi connectivity index (χ4v) is 2.92. The predicted molar refractivity (Wildman–Crippen MR) is 80.1 cm³/mol. The molecule has 0 radical (unpaired) electrons. The number of benzene rings is 2. The third-order valence-electron chi connectivity index (χ3n) is 3.03. The normalized spacial score (nSPS) is 12.2. The fraction of sp³-hybridized carbons (Fsp3) is 0.200. The molecule has 1 atom stereocenters. The number of nitrogens with one attached hydrogen (secondary N) is 1. The minimum Gasteiger partial charge on any atom is -0.494 e. The summed E-state index contributed by atoms with van der Waals surface area (Å²) in [6.07, 6.45) is 0. The largest absolute Gasteiger partial charge is 0.494 e. The van der Waals surface area contributed by atoms with Crippen LogP contribution in [0.25, 0.3) is 0 Å². The summed E-state index contributed by atoms with van der Waals surface area (Å²) >= 11 is 1.27. The lowest BCUT2D eigenvalue weighted by atomic mass is 10.1. The summed E-state index contributed by atoms with van der Waals surface area (Å²) in [4.78, 5) is 0.501. The van der Waals surface area contributed by atoms with E-state index in [4.69, 9.17) is 10.6 Å². The number of hydrogen-bond acceptors (Lipinski definition) is 4. The van der Waals surface area contributed by atoms with Gasteiger partial charge < -0.3 is 4.74 Å². The molecule has 1 unspecified atom stereocenters. The lowest BCUT2D eigenvalue weighted by molar-refractivity contribution is 0.381. The molecule has 6 heteroatoms. The van der Waals surface area contributed by atoms with Crippen LogP contribution in [0.4, 0.5) is 8.78 Å². The van der Waals surface area contributed by atoms with Gasteiger partial charge in [-0.3, -0.25) is 11.3 Å². The van der Waals surface area contributed by atoms with Crippen molar-refractivity contribution >= 4 is 11.8 Å². The van der Waals surface area contributed by atoms with E-state index >= 15 is 0 Å². The van der Waals surface area contributed by atoms with Crippen molar-refractivity contribution in [2.45, 2.75) is 10.9 Å². The average Bonchev–Trinajstić information content (AvgIpc) is 2.51. The van der Waals surface area contributed by atoms with Gasteiger partial charge in [-0.25, -0.2) is 8.78 Å². The van der Waals surface area contributed by atoms with Crippen molar-refractivity contribution in [2.24, 2.45) is 5.84 Å². The van der Waals surface area contributed by atoms with E-state index in [1.54, 1.807) is 30.3 Å². The van der Waals surface area contributed by atoms with Crippen LogP contribution in [0.15, 0.2) is 47.4 Å². The van der Waals surface area contributed by atoms with Crippen molar-refractivity contribution < 1.29 is 13.5 Å². The molecule has 0 aliphatic rings. The highest BCUT2D eigenvalue weighted by atomic mass is 32.2. The van der Waals surface area contributed by atoms with Gasteiger partial charge in [-0.15, -0.1) is 11.8 Å². The van der Waals surface area contributed by atoms with E-state index in [2.05, 4.69) is 5.43 Å². The molecule has 0 saturated heterocycles. The first-order chi connectivity index (χ1) is 10.2. The molecule has 0 spiro atoms. The summed E-state index contributed by atoms with van der Waals surface area (Å²) < 4.78 is 32.7. The Labute approximate surface area is 126 Å². The van der Waals surface area contributed by atoms with Crippen LogP contribution in [0.1, 0.15) is 11.6 Å². The van der Waals surface area contributed by atoms with Crippen LogP contribution >= 0.6 is 11.8 Å². The summed E-state index contributed by atoms with van der Waals surface area (Å²) in [6, 6.07) is 10.8. The van der Waals surface area contributed by atoms with Gasteiger partial charge >= 0.3 is 0 Å². The minimum absolute atomic E-state index is 0.156. The summed E-state index contributed by atoms with van der Waals surface area (Å²) in [5, 5.41) is 0. The van der Waals surface area contributed by atoms with E-state index in [1.165, 1.54) is 31.0 Å². The lowest BCUT2D eigenvalue weighted by Gasteiger charge is -2.18. The van der Waals surface area contributed by atoms with Gasteiger partial charge in [-0.2, -0.15) is 0 Å². The maximum Gasteiger partial charge on any atom is 0.169 e. The van der Waals surface area contributed by atoms with E-state index in [0.29, 0.717) is 16.2 Å². The standard InChI is InChI=1S/C15H16F2N2OS/c1-20-13-7-4-5-10(15(13)17)12(19-18)9-21-14-8-3-2-6-11(14)16/h2-8,12,19H,9,18H2,1H3. The van der Waals surface area contributed by atoms with Crippen LogP contribution < -0.4 is 16.0 Å². The average molecular weight is 310 g/mol. The Morgan fingerprint density at radius 2 is 1.95 bits per heavy atom. The molecule has 21 heavy (non-hydrogen) atoms. The molecule has 112 valence electrons. The van der Waals surface area contributed by atoms with Crippen LogP contribution in [-0.2, 0) is 0 Å². The van der Waals surface area contributed by atoms with Crippen molar-refractivity contribution in [1.82, 2.24) is 5.43 Å². The highest BCUT2D eigenvalue weighted by Gasteiger charge is 2.18. The topological polar surface area (TPSA) is 47.3 Å². The summed E-state index contributed by atoms with van der Waals surface area (Å²) in [5.41, 5.74) is 2.95. The van der Waals surface area contributed by atoms with Crippen molar-refractivity contribution in [2.75, 3.05) is 12.9 Å². The molecule has 3 N–H and O–H groups in total. The number of ether oxygens (including phenoxy) is 1. The van der Waals surface area contributed by atoms with Crippen LogP contribution in [0.2, 0.25) is 0 Å². The van der Waals surface area contributed by atoms with Crippen LogP contribution in [0, 0.1) is 11.6 Å². The highest BCUT2D eigenvalue weighted by Crippen LogP contribution is 2.30. The maximum absolute atomic E-state index is 14.2. The molecule has 0 aliphatic carbocycles. The number of nitrogens with two attached hydrogens (primary N) is 1. The van der Waals surface area contributed by atoms with Crippen molar-refractivity contribution in [3.63, 3.8) is 0 Å². The zero-order valence-corrected chi connectivity index (χ0v) is 12.3. The smallest absolute Gasteiger partial charge is 0.169 e. The Hall–Kier alpha value is -1.63. The molecular weight excluding hydrogens is 294 g/mol. The number of halogens is 2. The van der Waals surface area contributed by atoms with E-state index in [1.807, 2.05) is 0 Å². The van der Waals surface area contributed by atoms with Gasteiger partial charge in [-0.05, 0) is 18.2 Å². The number of hydrazine groups is 1. The molecule has 0 fully saturated rings. The first kappa shape index (κ1) is 15.8. The zero-order chi connectivity index (χ0) is 15.2. The lowest BCUT2D eigenvalue weighted by Crippen LogP contribution is -2.30. The second-order valence-corrected chi connectivity index (χ2v) is 5.39. The Bertz CT molecular complexity index is 610. The first-order valence-electron chi connectivity index (χ1n) is 6.33. The maximum atomic E-state index is 14.2. The van der Waals surface area contributed by atoms with Crippen LogP contribution in [-0.4, -0.2) is 12.9 Å². The van der Waals surface area contributed by atoms with E-state index < -0.39 is 11.9 Å². The van der Waals surface area contributed by atoms with Crippen LogP contribution in [0.5, 0.6) is 5.75 Å². The van der Waals surface area contributed by atoms with E-state index in [9.17, 15) is 8.78 Å². The van der Waals surface area contributed by atoms with Gasteiger partial charge in [0.25, 0.3) is 0 Å². The molecule has 3 nitrogen and oxygen atoms in total. The molecule has 2 aromatic rings. The molecule has 0 bridgehead atoms. The Balaban J connectivity index is 2.16. The molecular formula is C15H16F2N2OS. The number of methoxy groups -OCH3 is 1. The monoisotopic (exact) mass is 310 g/mol. The fourth-order valence-electron chi connectivity index (χ4n) is 1.92. The van der Waals surface area contributed by atoms with Gasteiger partial charge in [0.15, 0.2) is 11.6 Å². The minimum atomic E-state index is -0.461. The van der Waals surface area contributed by atoms with E-state index in [0.717, 1.165) is 0 Å². The quantitative estimate of drug-likeness (QED) is 0.488. The molecule has 2 aromatic carbocycles. The van der Waals surface area contributed by atoms with Crippen molar-refractivity contribution in [3.05, 3.63) is 59.7 Å². The molecule has 2 rings (SSSR count). The number of hydrogen-bond donors (Lipinski definition) is 2. The van der Waals surface area contributed by atoms with Gasteiger partial charge in [-0.1, -0.05) is 24.3 Å². The highest BCUT2D eigenvalue weighted by molar-refractivity contribution is 7.99. The van der Waals surface area contributed by atoms with Crippen LogP contribution in [0.3, 0.4) is 0 Å². The second kappa shape index (κ2) is 7.40. The summed E-state index contributed by atoms with van der Waals surface area (Å²) in [7, 11) is 1.40. The first-order valence-corrected chi connectivity index (χ1v) is 7.31. The molecule has 0 saturated carbocycles. The predicted octanol–water partition coefficient (Wildman–Crippen LogP) is 3.27. The Morgan fingerprint density at radius 3 is 2.62 bits per heavy atom. The Kier molecular flexibility index (Phi) is 5.55. The molecule has 0 amide bonds. The molecule has 0 heterocycles. The second-order valence-electron chi connectivity index (χ2n) is 4.32. The zero-order valence-electron chi connectivity index (χ0n) is 11.5. The van der Waals surface area contributed by atoms with E-state index in [-0.39, 0.29) is 11.6 Å². The van der Waals surface area contributed by atoms with Crippen molar-refractivity contribution in [3.8, 4) is 5.75 Å². The number of thioether (sulfide) groups is 1. The molecule has 0 aliphatic heterocycles. The van der Waals surface area contributed by atoms with Gasteiger partial charge in [0.05, 0.1) is 13.2 Å². The van der Waals surface area contributed by atoms with Gasteiger partial charge in [0.2, 0.25) is 0 Å². The third kappa shape index (κ3) is 3.72. The summed E-state index contributed by atoms with van der Waals surface area (Å²) in [6.45, 7) is 0.